The van der Waals surface area contributed by atoms with Crippen LogP contribution in [0.2, 0.25) is 0 Å². The fraction of sp³-hybridized carbons (Fsp3) is 0.833. The molecule has 9 heavy (non-hydrogen) atoms. The molecule has 2 atom stereocenters. The van der Waals surface area contributed by atoms with Crippen LogP contribution in [0.15, 0.2) is 4.99 Å². The van der Waals surface area contributed by atoms with E-state index in [-0.39, 0.29) is 12.1 Å². The van der Waals surface area contributed by atoms with E-state index in [2.05, 4.69) is 4.99 Å². The van der Waals surface area contributed by atoms with Gasteiger partial charge in [-0.15, -0.1) is 0 Å². The Morgan fingerprint density at radius 2 is 2.67 bits per heavy atom. The van der Waals surface area contributed by atoms with Crippen molar-refractivity contribution >= 4 is 6.08 Å². The average molecular weight is 127 g/mol. The van der Waals surface area contributed by atoms with Crippen LogP contribution in [0.4, 0.5) is 0 Å². The van der Waals surface area contributed by atoms with Gasteiger partial charge in [-0.25, -0.2) is 4.79 Å². The van der Waals surface area contributed by atoms with Crippen LogP contribution in [-0.2, 0) is 9.53 Å². The monoisotopic (exact) mass is 127 g/mol. The lowest BCUT2D eigenvalue weighted by atomic mass is 10.7. The second-order valence-corrected chi connectivity index (χ2v) is 2.02. The number of ether oxygens (including phenoxy) is 1. The highest BCUT2D eigenvalue weighted by molar-refractivity contribution is 5.35. The molecule has 0 spiro atoms. The molecule has 0 radical (unpaired) electrons. The van der Waals surface area contributed by atoms with E-state index in [0.29, 0.717) is 6.61 Å². The van der Waals surface area contributed by atoms with Gasteiger partial charge in [0.15, 0.2) is 0 Å². The van der Waals surface area contributed by atoms with Crippen LogP contribution in [0.25, 0.3) is 0 Å². The molecule has 0 amide bonds. The van der Waals surface area contributed by atoms with Crippen molar-refractivity contribution in [2.24, 2.45) is 4.99 Å². The number of hydrogen-bond acceptors (Lipinski definition) is 3. The van der Waals surface area contributed by atoms with Crippen LogP contribution in [0, 0.1) is 0 Å². The van der Waals surface area contributed by atoms with Gasteiger partial charge in [0.1, 0.15) is 0 Å². The van der Waals surface area contributed by atoms with Crippen molar-refractivity contribution < 1.29 is 9.53 Å². The van der Waals surface area contributed by atoms with Gasteiger partial charge in [0.25, 0.3) is 0 Å². The molecule has 0 aliphatic heterocycles. The first-order valence-corrected chi connectivity index (χ1v) is 3.07. The highest BCUT2D eigenvalue weighted by Crippen LogP contribution is 2.28. The molecular formula is C6H9NO2. The molecule has 0 aromatic heterocycles. The second-order valence-electron chi connectivity index (χ2n) is 2.02. The summed E-state index contributed by atoms with van der Waals surface area (Å²) in [5, 5.41) is 0. The van der Waals surface area contributed by atoms with Crippen LogP contribution in [-0.4, -0.2) is 24.8 Å². The van der Waals surface area contributed by atoms with E-state index in [4.69, 9.17) is 4.74 Å². The molecule has 0 bridgehead atoms. The van der Waals surface area contributed by atoms with Crippen LogP contribution >= 0.6 is 0 Å². The first kappa shape index (κ1) is 6.46. The summed E-state index contributed by atoms with van der Waals surface area (Å²) in [7, 11) is 0. The Morgan fingerprint density at radius 1 is 1.89 bits per heavy atom. The molecule has 1 aliphatic rings. The van der Waals surface area contributed by atoms with Gasteiger partial charge in [-0.05, 0) is 6.92 Å². The van der Waals surface area contributed by atoms with E-state index in [9.17, 15) is 4.79 Å². The molecule has 3 nitrogen and oxygen atoms in total. The lowest BCUT2D eigenvalue weighted by Crippen LogP contribution is -1.96. The Morgan fingerprint density at radius 3 is 3.22 bits per heavy atom. The van der Waals surface area contributed by atoms with Crippen molar-refractivity contribution in [3.63, 3.8) is 0 Å². The zero-order valence-corrected chi connectivity index (χ0v) is 5.33. The summed E-state index contributed by atoms with van der Waals surface area (Å²) in [4.78, 5) is 13.2. The van der Waals surface area contributed by atoms with Gasteiger partial charge in [-0.2, -0.15) is 4.99 Å². The molecule has 0 aromatic rings. The van der Waals surface area contributed by atoms with Crippen molar-refractivity contribution in [1.82, 2.24) is 0 Å². The topological polar surface area (TPSA) is 38.7 Å². The van der Waals surface area contributed by atoms with Crippen LogP contribution in [0.5, 0.6) is 0 Å². The molecule has 1 fully saturated rings. The normalized spacial score (nSPS) is 31.2. The molecule has 50 valence electrons. The Balaban J connectivity index is 2.16. The Labute approximate surface area is 53.7 Å². The number of hydrogen-bond donors (Lipinski definition) is 0. The SMILES string of the molecule is CCOC1CC1N=C=O. The largest absolute Gasteiger partial charge is 0.376 e. The quantitative estimate of drug-likeness (QED) is 0.409. The molecule has 3 heteroatoms. The molecule has 0 aromatic carbocycles. The van der Waals surface area contributed by atoms with Gasteiger partial charge in [-0.1, -0.05) is 0 Å². The van der Waals surface area contributed by atoms with Crippen molar-refractivity contribution in [2.75, 3.05) is 6.61 Å². The van der Waals surface area contributed by atoms with E-state index in [1.165, 1.54) is 6.08 Å². The fourth-order valence-corrected chi connectivity index (χ4v) is 0.756. The second kappa shape index (κ2) is 2.76. The first-order valence-electron chi connectivity index (χ1n) is 3.07. The zero-order valence-electron chi connectivity index (χ0n) is 5.33. The highest BCUT2D eigenvalue weighted by Gasteiger charge is 2.37. The average Bonchev–Trinajstić information content (AvgIpc) is 2.50. The summed E-state index contributed by atoms with van der Waals surface area (Å²) in [6.07, 6.45) is 2.61. The minimum Gasteiger partial charge on any atom is -0.376 e. The smallest absolute Gasteiger partial charge is 0.235 e. The standard InChI is InChI=1S/C6H9NO2/c1-2-9-6-3-5(6)7-4-8/h5-6H,2-3H2,1H3. The van der Waals surface area contributed by atoms with Gasteiger partial charge >= 0.3 is 0 Å². The third-order valence-electron chi connectivity index (χ3n) is 1.30. The number of isocyanates is 1. The van der Waals surface area contributed by atoms with Crippen molar-refractivity contribution in [1.29, 1.82) is 0 Å². The summed E-state index contributed by atoms with van der Waals surface area (Å²) in [5.41, 5.74) is 0. The van der Waals surface area contributed by atoms with E-state index in [1.54, 1.807) is 0 Å². The zero-order chi connectivity index (χ0) is 6.69. The Bertz CT molecular complexity index is 140. The van der Waals surface area contributed by atoms with E-state index >= 15 is 0 Å². The number of rotatable bonds is 3. The molecule has 2 unspecified atom stereocenters. The maximum atomic E-state index is 9.66. The summed E-state index contributed by atoms with van der Waals surface area (Å²) in [6.45, 7) is 2.63. The van der Waals surface area contributed by atoms with Crippen LogP contribution < -0.4 is 0 Å². The maximum Gasteiger partial charge on any atom is 0.235 e. The molecule has 1 saturated carbocycles. The van der Waals surface area contributed by atoms with Crippen LogP contribution in [0.3, 0.4) is 0 Å². The van der Waals surface area contributed by atoms with Crippen molar-refractivity contribution in [3.05, 3.63) is 0 Å². The Hall–Kier alpha value is -0.660. The van der Waals surface area contributed by atoms with Gasteiger partial charge in [-0.3, -0.25) is 0 Å². The van der Waals surface area contributed by atoms with Crippen molar-refractivity contribution in [2.45, 2.75) is 25.5 Å². The molecule has 1 aliphatic carbocycles. The maximum absolute atomic E-state index is 9.66. The van der Waals surface area contributed by atoms with E-state index in [1.807, 2.05) is 6.92 Å². The molecule has 0 N–H and O–H groups in total. The molecular weight excluding hydrogens is 118 g/mol. The van der Waals surface area contributed by atoms with Gasteiger partial charge in [0.2, 0.25) is 6.08 Å². The van der Waals surface area contributed by atoms with Gasteiger partial charge < -0.3 is 4.74 Å². The Kier molecular flexibility index (Phi) is 1.98. The van der Waals surface area contributed by atoms with Gasteiger partial charge in [0.05, 0.1) is 12.1 Å². The highest BCUT2D eigenvalue weighted by atomic mass is 16.5. The summed E-state index contributed by atoms with van der Waals surface area (Å²) >= 11 is 0. The first-order chi connectivity index (χ1) is 4.38. The lowest BCUT2D eigenvalue weighted by molar-refractivity contribution is 0.129. The summed E-state index contributed by atoms with van der Waals surface area (Å²) < 4.78 is 5.15. The number of nitrogens with zero attached hydrogens (tertiary/aromatic N) is 1. The number of carbonyl (C=O) groups excluding carboxylic acids is 1. The van der Waals surface area contributed by atoms with Crippen LogP contribution in [0.1, 0.15) is 13.3 Å². The summed E-state index contributed by atoms with van der Waals surface area (Å²) in [6, 6.07) is 0.113. The van der Waals surface area contributed by atoms with E-state index in [0.717, 1.165) is 6.42 Å². The third-order valence-corrected chi connectivity index (χ3v) is 1.30. The van der Waals surface area contributed by atoms with Gasteiger partial charge in [0, 0.05) is 13.0 Å². The minimum absolute atomic E-state index is 0.113. The van der Waals surface area contributed by atoms with E-state index < -0.39 is 0 Å². The molecule has 0 saturated heterocycles. The minimum atomic E-state index is 0.113. The molecule has 0 heterocycles. The predicted molar refractivity (Wildman–Crippen MR) is 31.9 cm³/mol. The summed E-state index contributed by atoms with van der Waals surface area (Å²) in [5.74, 6) is 0. The molecule has 1 rings (SSSR count). The predicted octanol–water partition coefficient (Wildman–Crippen LogP) is 0.500. The third kappa shape index (κ3) is 1.63. The van der Waals surface area contributed by atoms with Crippen molar-refractivity contribution in [3.8, 4) is 0 Å². The fourth-order valence-electron chi connectivity index (χ4n) is 0.756. The number of aliphatic imine (C=N–C) groups is 1. The lowest BCUT2D eigenvalue weighted by Gasteiger charge is -1.92.